The molecule has 2 N–H and O–H groups in total. The molecule has 1 aromatic rings. The average Bonchev–Trinajstić information content (AvgIpc) is 2.90. The molecule has 1 fully saturated rings. The Balaban J connectivity index is 1.59. The van der Waals surface area contributed by atoms with Crippen molar-refractivity contribution in [2.24, 2.45) is 5.92 Å². The quantitative estimate of drug-likeness (QED) is 0.867. The first kappa shape index (κ1) is 12.7. The summed E-state index contributed by atoms with van der Waals surface area (Å²) in [4.78, 5) is 12.2. The molecule has 0 saturated carbocycles. The largest absolute Gasteiger partial charge is 0.381 e. The maximum Gasteiger partial charge on any atom is 0.272 e. The molecule has 0 atom stereocenters. The first-order chi connectivity index (χ1) is 9.34. The fourth-order valence-corrected chi connectivity index (χ4v) is 2.94. The number of carbonyl (C=O) groups is 1. The second-order valence-corrected chi connectivity index (χ2v) is 5.50. The molecule has 3 rings (SSSR count). The Labute approximate surface area is 113 Å². The van der Waals surface area contributed by atoms with Gasteiger partial charge in [-0.25, -0.2) is 0 Å². The van der Waals surface area contributed by atoms with Crippen LogP contribution in [-0.4, -0.2) is 35.9 Å². The Morgan fingerprint density at radius 3 is 2.95 bits per heavy atom. The Morgan fingerprint density at radius 1 is 1.32 bits per heavy atom. The second kappa shape index (κ2) is 5.74. The van der Waals surface area contributed by atoms with Crippen LogP contribution in [0.3, 0.4) is 0 Å². The van der Waals surface area contributed by atoms with Crippen LogP contribution in [0.1, 0.15) is 47.4 Å². The average molecular weight is 263 g/mol. The van der Waals surface area contributed by atoms with Crippen LogP contribution in [0.4, 0.5) is 0 Å². The molecular weight excluding hydrogens is 242 g/mol. The van der Waals surface area contributed by atoms with Crippen molar-refractivity contribution in [3.8, 4) is 0 Å². The maximum absolute atomic E-state index is 12.2. The first-order valence-electron chi connectivity index (χ1n) is 7.26. The van der Waals surface area contributed by atoms with E-state index in [1.807, 2.05) is 0 Å². The van der Waals surface area contributed by atoms with Gasteiger partial charge in [0, 0.05) is 31.0 Å². The SMILES string of the molecule is O=C(NCC1CCOCC1)c1n[nH]c2c1CCCC2. The molecule has 1 saturated heterocycles. The number of carbonyl (C=O) groups excluding carboxylic acids is 1. The van der Waals surface area contributed by atoms with Gasteiger partial charge in [0.1, 0.15) is 0 Å². The van der Waals surface area contributed by atoms with Gasteiger partial charge in [-0.2, -0.15) is 5.10 Å². The summed E-state index contributed by atoms with van der Waals surface area (Å²) >= 11 is 0. The number of hydrogen-bond acceptors (Lipinski definition) is 3. The van der Waals surface area contributed by atoms with Crippen LogP contribution in [0, 0.1) is 5.92 Å². The van der Waals surface area contributed by atoms with Gasteiger partial charge in [0.05, 0.1) is 0 Å². The first-order valence-corrected chi connectivity index (χ1v) is 7.26. The molecule has 19 heavy (non-hydrogen) atoms. The van der Waals surface area contributed by atoms with Crippen molar-refractivity contribution in [2.75, 3.05) is 19.8 Å². The monoisotopic (exact) mass is 263 g/mol. The number of aromatic amines is 1. The van der Waals surface area contributed by atoms with Crippen molar-refractivity contribution in [1.82, 2.24) is 15.5 Å². The lowest BCUT2D eigenvalue weighted by Gasteiger charge is -2.22. The minimum Gasteiger partial charge on any atom is -0.381 e. The van der Waals surface area contributed by atoms with E-state index in [2.05, 4.69) is 15.5 Å². The number of aryl methyl sites for hydroxylation is 1. The zero-order valence-electron chi connectivity index (χ0n) is 11.2. The van der Waals surface area contributed by atoms with E-state index in [9.17, 15) is 4.79 Å². The summed E-state index contributed by atoms with van der Waals surface area (Å²) in [6.07, 6.45) is 6.43. The fraction of sp³-hybridized carbons (Fsp3) is 0.714. The second-order valence-electron chi connectivity index (χ2n) is 5.50. The van der Waals surface area contributed by atoms with E-state index in [-0.39, 0.29) is 5.91 Å². The number of aromatic nitrogens is 2. The van der Waals surface area contributed by atoms with Gasteiger partial charge in [-0.3, -0.25) is 9.89 Å². The van der Waals surface area contributed by atoms with E-state index in [0.717, 1.165) is 63.1 Å². The van der Waals surface area contributed by atoms with Crippen LogP contribution < -0.4 is 5.32 Å². The Bertz CT molecular complexity index is 450. The third-order valence-electron chi connectivity index (χ3n) is 4.16. The van der Waals surface area contributed by atoms with Gasteiger partial charge in [-0.1, -0.05) is 0 Å². The van der Waals surface area contributed by atoms with Crippen molar-refractivity contribution < 1.29 is 9.53 Å². The van der Waals surface area contributed by atoms with Crippen LogP contribution in [-0.2, 0) is 17.6 Å². The molecule has 1 aromatic heterocycles. The molecule has 0 aromatic carbocycles. The number of fused-ring (bicyclic) bond motifs is 1. The molecular formula is C14H21N3O2. The Kier molecular flexibility index (Phi) is 3.82. The van der Waals surface area contributed by atoms with Gasteiger partial charge in [-0.05, 0) is 44.4 Å². The smallest absolute Gasteiger partial charge is 0.272 e. The molecule has 1 aliphatic heterocycles. The molecule has 5 heteroatoms. The van der Waals surface area contributed by atoms with E-state index in [0.29, 0.717) is 11.6 Å². The highest BCUT2D eigenvalue weighted by atomic mass is 16.5. The van der Waals surface area contributed by atoms with Gasteiger partial charge in [0.15, 0.2) is 5.69 Å². The van der Waals surface area contributed by atoms with Crippen LogP contribution in [0.15, 0.2) is 0 Å². The van der Waals surface area contributed by atoms with Crippen molar-refractivity contribution in [3.05, 3.63) is 17.0 Å². The lowest BCUT2D eigenvalue weighted by atomic mass is 9.95. The molecule has 0 spiro atoms. The topological polar surface area (TPSA) is 67.0 Å². The van der Waals surface area contributed by atoms with Gasteiger partial charge in [0.25, 0.3) is 5.91 Å². The van der Waals surface area contributed by atoms with Crippen LogP contribution in [0.25, 0.3) is 0 Å². The summed E-state index contributed by atoms with van der Waals surface area (Å²) < 4.78 is 5.32. The summed E-state index contributed by atoms with van der Waals surface area (Å²) in [5, 5.41) is 10.2. The highest BCUT2D eigenvalue weighted by molar-refractivity contribution is 5.94. The molecule has 0 unspecified atom stereocenters. The number of H-pyrrole nitrogens is 1. The van der Waals surface area contributed by atoms with E-state index in [1.54, 1.807) is 0 Å². The fourth-order valence-electron chi connectivity index (χ4n) is 2.94. The number of nitrogens with zero attached hydrogens (tertiary/aromatic N) is 1. The summed E-state index contributed by atoms with van der Waals surface area (Å²) in [7, 11) is 0. The zero-order chi connectivity index (χ0) is 13.1. The maximum atomic E-state index is 12.2. The van der Waals surface area contributed by atoms with E-state index < -0.39 is 0 Å². The Morgan fingerprint density at radius 2 is 2.11 bits per heavy atom. The predicted molar refractivity (Wildman–Crippen MR) is 71.1 cm³/mol. The van der Waals surface area contributed by atoms with E-state index in [1.165, 1.54) is 6.42 Å². The van der Waals surface area contributed by atoms with E-state index in [4.69, 9.17) is 4.74 Å². The van der Waals surface area contributed by atoms with Crippen LogP contribution >= 0.6 is 0 Å². The highest BCUT2D eigenvalue weighted by Crippen LogP contribution is 2.22. The summed E-state index contributed by atoms with van der Waals surface area (Å²) in [6.45, 7) is 2.38. The normalized spacial score (nSPS) is 20.0. The molecule has 2 heterocycles. The minimum absolute atomic E-state index is 0.0223. The molecule has 0 radical (unpaired) electrons. The third-order valence-corrected chi connectivity index (χ3v) is 4.16. The van der Waals surface area contributed by atoms with Gasteiger partial charge in [-0.15, -0.1) is 0 Å². The molecule has 5 nitrogen and oxygen atoms in total. The highest BCUT2D eigenvalue weighted by Gasteiger charge is 2.22. The van der Waals surface area contributed by atoms with Crippen LogP contribution in [0.5, 0.6) is 0 Å². The summed E-state index contributed by atoms with van der Waals surface area (Å²) in [5.74, 6) is 0.526. The summed E-state index contributed by atoms with van der Waals surface area (Å²) in [5.41, 5.74) is 2.90. The number of hydrogen-bond donors (Lipinski definition) is 2. The third kappa shape index (κ3) is 2.81. The van der Waals surface area contributed by atoms with Crippen molar-refractivity contribution >= 4 is 5.91 Å². The molecule has 104 valence electrons. The van der Waals surface area contributed by atoms with Crippen LogP contribution in [0.2, 0.25) is 0 Å². The number of amides is 1. The minimum atomic E-state index is -0.0223. The Hall–Kier alpha value is -1.36. The predicted octanol–water partition coefficient (Wildman–Crippen LogP) is 1.44. The molecule has 2 aliphatic rings. The van der Waals surface area contributed by atoms with Gasteiger partial charge < -0.3 is 10.1 Å². The number of nitrogens with one attached hydrogen (secondary N) is 2. The van der Waals surface area contributed by atoms with Crippen molar-refractivity contribution in [3.63, 3.8) is 0 Å². The van der Waals surface area contributed by atoms with Gasteiger partial charge >= 0.3 is 0 Å². The number of ether oxygens (including phenoxy) is 1. The lowest BCUT2D eigenvalue weighted by Crippen LogP contribution is -2.32. The zero-order valence-corrected chi connectivity index (χ0v) is 11.2. The number of rotatable bonds is 3. The standard InChI is InChI=1S/C14H21N3O2/c18-14(15-9-10-5-7-19-8-6-10)13-11-3-1-2-4-12(11)16-17-13/h10H,1-9H2,(H,15,18)(H,16,17). The van der Waals surface area contributed by atoms with Crippen molar-refractivity contribution in [2.45, 2.75) is 38.5 Å². The molecule has 0 bridgehead atoms. The van der Waals surface area contributed by atoms with Crippen molar-refractivity contribution in [1.29, 1.82) is 0 Å². The molecule has 1 aliphatic carbocycles. The van der Waals surface area contributed by atoms with Gasteiger partial charge in [0.2, 0.25) is 0 Å². The molecule has 1 amide bonds. The summed E-state index contributed by atoms with van der Waals surface area (Å²) in [6, 6.07) is 0. The van der Waals surface area contributed by atoms with E-state index >= 15 is 0 Å². The lowest BCUT2D eigenvalue weighted by molar-refractivity contribution is 0.0642.